The van der Waals surface area contributed by atoms with E-state index in [9.17, 15) is 4.79 Å². The third-order valence-electron chi connectivity index (χ3n) is 1.84. The molecular formula is C11H10ClNO. The van der Waals surface area contributed by atoms with E-state index in [2.05, 4.69) is 6.07 Å². The molecule has 0 fully saturated rings. The zero-order valence-corrected chi connectivity index (χ0v) is 8.58. The molecule has 0 radical (unpaired) electrons. The van der Waals surface area contributed by atoms with Crippen LogP contribution in [0.1, 0.15) is 16.7 Å². The van der Waals surface area contributed by atoms with Gasteiger partial charge in [-0.2, -0.15) is 5.26 Å². The zero-order valence-electron chi connectivity index (χ0n) is 7.83. The fourth-order valence-corrected chi connectivity index (χ4v) is 1.50. The number of benzene rings is 1. The van der Waals surface area contributed by atoms with E-state index in [0.717, 1.165) is 11.1 Å². The Hall–Kier alpha value is -1.33. The van der Waals surface area contributed by atoms with Gasteiger partial charge < -0.3 is 4.79 Å². The van der Waals surface area contributed by atoms with Gasteiger partial charge in [0.15, 0.2) is 0 Å². The molecule has 0 saturated heterocycles. The topological polar surface area (TPSA) is 40.9 Å². The summed E-state index contributed by atoms with van der Waals surface area (Å²) in [5.41, 5.74) is 2.54. The molecule has 3 heteroatoms. The van der Waals surface area contributed by atoms with E-state index in [0.29, 0.717) is 18.3 Å². The molecule has 1 unspecified atom stereocenters. The molecule has 1 atom stereocenters. The quantitative estimate of drug-likeness (QED) is 0.563. The number of aryl methyl sites for hydroxylation is 1. The molecule has 1 aromatic rings. The lowest BCUT2D eigenvalue weighted by atomic mass is 10.0. The van der Waals surface area contributed by atoms with Crippen molar-refractivity contribution in [2.45, 2.75) is 18.7 Å². The molecule has 14 heavy (non-hydrogen) atoms. The van der Waals surface area contributed by atoms with Crippen LogP contribution in [0.2, 0.25) is 0 Å². The largest absolute Gasteiger partial charge is 0.302 e. The Morgan fingerprint density at radius 3 is 2.86 bits per heavy atom. The average Bonchev–Trinajstić information content (AvgIpc) is 2.16. The van der Waals surface area contributed by atoms with Crippen LogP contribution in [-0.4, -0.2) is 11.7 Å². The molecule has 0 aromatic heterocycles. The number of aldehydes is 1. The molecule has 0 saturated carbocycles. The molecule has 0 heterocycles. The maximum Gasteiger partial charge on any atom is 0.138 e. The van der Waals surface area contributed by atoms with Crippen molar-refractivity contribution in [3.63, 3.8) is 0 Å². The maximum absolute atomic E-state index is 10.4. The molecule has 0 aliphatic carbocycles. The van der Waals surface area contributed by atoms with E-state index in [1.54, 1.807) is 12.1 Å². The number of halogens is 1. The minimum atomic E-state index is -0.511. The lowest BCUT2D eigenvalue weighted by Gasteiger charge is -2.04. The van der Waals surface area contributed by atoms with Gasteiger partial charge in [0, 0.05) is 0 Å². The summed E-state index contributed by atoms with van der Waals surface area (Å²) in [6, 6.07) is 7.55. The number of hydrogen-bond donors (Lipinski definition) is 0. The predicted molar refractivity (Wildman–Crippen MR) is 55.3 cm³/mol. The fourth-order valence-electron chi connectivity index (χ4n) is 1.32. The second-order valence-corrected chi connectivity index (χ2v) is 3.74. The van der Waals surface area contributed by atoms with Gasteiger partial charge >= 0.3 is 0 Å². The second-order valence-electron chi connectivity index (χ2n) is 3.18. The molecule has 1 aromatic carbocycles. The van der Waals surface area contributed by atoms with Gasteiger partial charge in [-0.1, -0.05) is 6.07 Å². The summed E-state index contributed by atoms with van der Waals surface area (Å²) in [7, 11) is 0. The van der Waals surface area contributed by atoms with Crippen LogP contribution in [-0.2, 0) is 11.2 Å². The Labute approximate surface area is 88.1 Å². The summed E-state index contributed by atoms with van der Waals surface area (Å²) >= 11 is 5.70. The van der Waals surface area contributed by atoms with Crippen molar-refractivity contribution < 1.29 is 4.79 Å². The molecule has 2 nitrogen and oxygen atoms in total. The Morgan fingerprint density at radius 1 is 1.57 bits per heavy atom. The van der Waals surface area contributed by atoms with Crippen molar-refractivity contribution in [3.05, 3.63) is 34.9 Å². The second kappa shape index (κ2) is 4.78. The van der Waals surface area contributed by atoms with Gasteiger partial charge in [-0.15, -0.1) is 11.6 Å². The highest BCUT2D eigenvalue weighted by molar-refractivity contribution is 6.27. The van der Waals surface area contributed by atoms with Crippen LogP contribution in [0.4, 0.5) is 0 Å². The zero-order chi connectivity index (χ0) is 10.6. The van der Waals surface area contributed by atoms with Crippen molar-refractivity contribution in [1.82, 2.24) is 0 Å². The van der Waals surface area contributed by atoms with Gasteiger partial charge in [-0.25, -0.2) is 0 Å². The summed E-state index contributed by atoms with van der Waals surface area (Å²) in [4.78, 5) is 10.4. The lowest BCUT2D eigenvalue weighted by molar-refractivity contribution is -0.107. The number of carbonyl (C=O) groups excluding carboxylic acids is 1. The van der Waals surface area contributed by atoms with Crippen LogP contribution in [0.25, 0.3) is 0 Å². The normalized spacial score (nSPS) is 11.8. The van der Waals surface area contributed by atoms with Gasteiger partial charge in [-0.05, 0) is 36.6 Å². The lowest BCUT2D eigenvalue weighted by Crippen LogP contribution is -2.04. The first-order valence-corrected chi connectivity index (χ1v) is 4.69. The SMILES string of the molecule is Cc1cc(C#N)cc(CC(Cl)C=O)c1. The van der Waals surface area contributed by atoms with Gasteiger partial charge in [0.05, 0.1) is 17.0 Å². The third-order valence-corrected chi connectivity index (χ3v) is 2.10. The summed E-state index contributed by atoms with van der Waals surface area (Å²) in [6.45, 7) is 1.91. The highest BCUT2D eigenvalue weighted by Gasteiger charge is 2.05. The number of nitriles is 1. The van der Waals surface area contributed by atoms with Crippen LogP contribution >= 0.6 is 11.6 Å². The van der Waals surface area contributed by atoms with E-state index < -0.39 is 5.38 Å². The van der Waals surface area contributed by atoms with Crippen LogP contribution < -0.4 is 0 Å². The van der Waals surface area contributed by atoms with E-state index >= 15 is 0 Å². The van der Waals surface area contributed by atoms with Gasteiger partial charge in [0.1, 0.15) is 6.29 Å². The average molecular weight is 208 g/mol. The van der Waals surface area contributed by atoms with E-state index in [1.165, 1.54) is 0 Å². The number of carbonyl (C=O) groups is 1. The molecule has 72 valence electrons. The van der Waals surface area contributed by atoms with Crippen LogP contribution in [0.5, 0.6) is 0 Å². The summed E-state index contributed by atoms with van der Waals surface area (Å²) in [5.74, 6) is 0. The summed E-state index contributed by atoms with van der Waals surface area (Å²) in [6.07, 6.45) is 1.18. The van der Waals surface area contributed by atoms with Crippen molar-refractivity contribution in [2.24, 2.45) is 0 Å². The molecule has 1 rings (SSSR count). The first-order chi connectivity index (χ1) is 6.65. The number of rotatable bonds is 3. The van der Waals surface area contributed by atoms with E-state index in [-0.39, 0.29) is 0 Å². The minimum absolute atomic E-state index is 0.474. The third kappa shape index (κ3) is 2.86. The fraction of sp³-hybridized carbons (Fsp3) is 0.273. The summed E-state index contributed by atoms with van der Waals surface area (Å²) in [5, 5.41) is 8.21. The molecule has 0 spiro atoms. The number of nitrogens with zero attached hydrogens (tertiary/aromatic N) is 1. The molecule has 0 aliphatic rings. The van der Waals surface area contributed by atoms with Crippen molar-refractivity contribution >= 4 is 17.9 Å². The standard InChI is InChI=1S/C11H10ClNO/c1-8-2-9(5-11(12)7-14)4-10(3-8)6-13/h2-4,7,11H,5H2,1H3. The van der Waals surface area contributed by atoms with Crippen molar-refractivity contribution in [3.8, 4) is 6.07 Å². The van der Waals surface area contributed by atoms with Gasteiger partial charge in [-0.3, -0.25) is 0 Å². The van der Waals surface area contributed by atoms with Gasteiger partial charge in [0.2, 0.25) is 0 Å². The first-order valence-electron chi connectivity index (χ1n) is 4.25. The molecule has 0 aliphatic heterocycles. The van der Waals surface area contributed by atoms with E-state index in [1.807, 2.05) is 13.0 Å². The molecule has 0 amide bonds. The highest BCUT2D eigenvalue weighted by Crippen LogP contribution is 2.12. The van der Waals surface area contributed by atoms with E-state index in [4.69, 9.17) is 16.9 Å². The Bertz CT molecular complexity index is 381. The maximum atomic E-state index is 10.4. The smallest absolute Gasteiger partial charge is 0.138 e. The van der Waals surface area contributed by atoms with Crippen LogP contribution in [0, 0.1) is 18.3 Å². The Kier molecular flexibility index (Phi) is 3.67. The number of hydrogen-bond acceptors (Lipinski definition) is 2. The van der Waals surface area contributed by atoms with Crippen LogP contribution in [0.3, 0.4) is 0 Å². The minimum Gasteiger partial charge on any atom is -0.302 e. The molecule has 0 N–H and O–H groups in total. The summed E-state index contributed by atoms with van der Waals surface area (Å²) < 4.78 is 0. The highest BCUT2D eigenvalue weighted by atomic mass is 35.5. The van der Waals surface area contributed by atoms with Crippen LogP contribution in [0.15, 0.2) is 18.2 Å². The Balaban J connectivity index is 2.93. The van der Waals surface area contributed by atoms with Crippen molar-refractivity contribution in [1.29, 1.82) is 5.26 Å². The van der Waals surface area contributed by atoms with Gasteiger partial charge in [0.25, 0.3) is 0 Å². The molecule has 0 bridgehead atoms. The number of alkyl halides is 1. The monoisotopic (exact) mass is 207 g/mol. The first kappa shape index (κ1) is 10.7. The predicted octanol–water partition coefficient (Wildman–Crippen LogP) is 2.22. The Morgan fingerprint density at radius 2 is 2.29 bits per heavy atom. The molecular weight excluding hydrogens is 198 g/mol. The van der Waals surface area contributed by atoms with Crippen molar-refractivity contribution in [2.75, 3.05) is 0 Å².